The van der Waals surface area contributed by atoms with E-state index in [9.17, 15) is 27.9 Å². The van der Waals surface area contributed by atoms with Gasteiger partial charge in [0, 0.05) is 12.6 Å². The van der Waals surface area contributed by atoms with Gasteiger partial charge in [-0.3, -0.25) is 4.79 Å². The Morgan fingerprint density at radius 3 is 2.32 bits per heavy atom. The topological polar surface area (TPSA) is 104 Å². The maximum absolute atomic E-state index is 15.0. The normalized spacial score (nSPS) is 12.2. The number of rotatable bonds is 7. The predicted molar refractivity (Wildman–Crippen MR) is 124 cm³/mol. The summed E-state index contributed by atoms with van der Waals surface area (Å²) in [6, 6.07) is 18.0. The van der Waals surface area contributed by atoms with E-state index in [1.807, 2.05) is 0 Å². The largest absolute Gasteiger partial charge is 0.465 e. The molecule has 1 aromatic heterocycles. The Labute approximate surface area is 207 Å². The van der Waals surface area contributed by atoms with E-state index < -0.39 is 46.9 Å². The molecular formula is C26H19F4N3O4. The summed E-state index contributed by atoms with van der Waals surface area (Å²) >= 11 is 0. The molecule has 190 valence electrons. The molecule has 4 aromatic rings. The highest BCUT2D eigenvalue weighted by Crippen LogP contribution is 2.31. The summed E-state index contributed by atoms with van der Waals surface area (Å²) in [5, 5.41) is 25.0. The first-order valence-electron chi connectivity index (χ1n) is 10.8. The van der Waals surface area contributed by atoms with Gasteiger partial charge in [0.1, 0.15) is 17.6 Å². The minimum atomic E-state index is -4.88. The number of benzene rings is 3. The zero-order chi connectivity index (χ0) is 26.7. The van der Waals surface area contributed by atoms with Gasteiger partial charge < -0.3 is 15.5 Å². The average Bonchev–Trinajstić information content (AvgIpc) is 3.34. The Kier molecular flexibility index (Phi) is 7.07. The van der Waals surface area contributed by atoms with Gasteiger partial charge in [0.05, 0.1) is 11.3 Å². The van der Waals surface area contributed by atoms with Crippen LogP contribution in [0.4, 0.5) is 22.4 Å². The van der Waals surface area contributed by atoms with Crippen LogP contribution < -0.4 is 5.32 Å². The number of carbonyl (C=O) groups excluding carboxylic acids is 1. The van der Waals surface area contributed by atoms with E-state index in [1.54, 1.807) is 30.3 Å². The molecule has 37 heavy (non-hydrogen) atoms. The zero-order valence-electron chi connectivity index (χ0n) is 18.9. The first-order valence-corrected chi connectivity index (χ1v) is 10.8. The highest BCUT2D eigenvalue weighted by Gasteiger charge is 2.36. The quantitative estimate of drug-likeness (QED) is 0.235. The summed E-state index contributed by atoms with van der Waals surface area (Å²) in [5.74, 6) is -2.09. The lowest BCUT2D eigenvalue weighted by Gasteiger charge is -2.13. The van der Waals surface area contributed by atoms with E-state index in [2.05, 4.69) is 10.4 Å². The second-order valence-electron chi connectivity index (χ2n) is 8.03. The molecule has 3 aromatic carbocycles. The highest BCUT2D eigenvalue weighted by molar-refractivity contribution is 6.08. The van der Waals surface area contributed by atoms with Gasteiger partial charge in [0.15, 0.2) is 5.69 Å². The third-order valence-electron chi connectivity index (χ3n) is 5.50. The fourth-order valence-electron chi connectivity index (χ4n) is 3.71. The number of aromatic nitrogens is 2. The van der Waals surface area contributed by atoms with Gasteiger partial charge in [-0.25, -0.2) is 13.9 Å². The summed E-state index contributed by atoms with van der Waals surface area (Å²) < 4.78 is 56.2. The fraction of sp³-hybridized carbons (Fsp3) is 0.115. The van der Waals surface area contributed by atoms with E-state index in [-0.39, 0.29) is 17.8 Å². The van der Waals surface area contributed by atoms with Crippen molar-refractivity contribution in [1.29, 1.82) is 0 Å². The summed E-state index contributed by atoms with van der Waals surface area (Å²) in [5.41, 5.74) is -1.34. The molecule has 11 heteroatoms. The average molecular weight is 513 g/mol. The Hall–Kier alpha value is -4.51. The van der Waals surface area contributed by atoms with Crippen LogP contribution >= 0.6 is 0 Å². The van der Waals surface area contributed by atoms with Crippen molar-refractivity contribution in [3.8, 4) is 5.69 Å². The van der Waals surface area contributed by atoms with Crippen LogP contribution in [0.1, 0.15) is 44.5 Å². The Balaban J connectivity index is 1.73. The standard InChI is InChI=1S/C26H19F4N3O4/c27-20-12-17(23(34)16-6-2-1-3-7-16)9-10-19(20)24(35)21-13-22(26(28,29)30)32-33(21)18-8-4-5-15(11-18)14-31-25(36)37/h1-13,23,31,34H,14H2,(H,36,37). The molecule has 0 saturated heterocycles. The van der Waals surface area contributed by atoms with Crippen molar-refractivity contribution in [2.45, 2.75) is 18.8 Å². The highest BCUT2D eigenvalue weighted by atomic mass is 19.4. The van der Waals surface area contributed by atoms with Gasteiger partial charge in [-0.05, 0) is 41.0 Å². The minimum absolute atomic E-state index is 0.0417. The summed E-state index contributed by atoms with van der Waals surface area (Å²) in [7, 11) is 0. The molecule has 0 aliphatic heterocycles. The number of aliphatic hydroxyl groups is 1. The second kappa shape index (κ2) is 10.2. The molecule has 0 bridgehead atoms. The number of ketones is 1. The van der Waals surface area contributed by atoms with Crippen LogP contribution in [0.2, 0.25) is 0 Å². The molecule has 0 fully saturated rings. The summed E-state index contributed by atoms with van der Waals surface area (Å²) in [6.07, 6.45) is -7.36. The first-order chi connectivity index (χ1) is 17.5. The van der Waals surface area contributed by atoms with Crippen LogP contribution in [0.5, 0.6) is 0 Å². The molecule has 7 nitrogen and oxygen atoms in total. The Morgan fingerprint density at radius 1 is 0.946 bits per heavy atom. The van der Waals surface area contributed by atoms with Gasteiger partial charge in [0.25, 0.3) is 0 Å². The molecule has 0 aliphatic carbocycles. The smallest absolute Gasteiger partial charge is 0.435 e. The van der Waals surface area contributed by atoms with E-state index in [0.717, 1.165) is 16.8 Å². The van der Waals surface area contributed by atoms with Crippen molar-refractivity contribution in [3.63, 3.8) is 0 Å². The van der Waals surface area contributed by atoms with Crippen molar-refractivity contribution in [1.82, 2.24) is 15.1 Å². The number of carboxylic acid groups (broad SMARTS) is 1. The molecule has 0 radical (unpaired) electrons. The minimum Gasteiger partial charge on any atom is -0.465 e. The first kappa shape index (κ1) is 25.6. The number of nitrogens with zero attached hydrogens (tertiary/aromatic N) is 2. The van der Waals surface area contributed by atoms with Crippen LogP contribution in [0.3, 0.4) is 0 Å². The van der Waals surface area contributed by atoms with E-state index in [4.69, 9.17) is 5.11 Å². The lowest BCUT2D eigenvalue weighted by molar-refractivity contribution is -0.141. The molecular weight excluding hydrogens is 494 g/mol. The van der Waals surface area contributed by atoms with Crippen molar-refractivity contribution >= 4 is 11.9 Å². The third kappa shape index (κ3) is 5.67. The van der Waals surface area contributed by atoms with Crippen molar-refractivity contribution < 1.29 is 37.4 Å². The van der Waals surface area contributed by atoms with Gasteiger partial charge in [-0.15, -0.1) is 0 Å². The summed E-state index contributed by atoms with van der Waals surface area (Å²) in [6.45, 7) is -0.139. The van der Waals surface area contributed by atoms with Gasteiger partial charge in [-0.2, -0.15) is 18.3 Å². The molecule has 3 N–H and O–H groups in total. The summed E-state index contributed by atoms with van der Waals surface area (Å²) in [4.78, 5) is 24.0. The zero-order valence-corrected chi connectivity index (χ0v) is 18.9. The molecule has 1 unspecified atom stereocenters. The van der Waals surface area contributed by atoms with E-state index in [0.29, 0.717) is 17.2 Å². The van der Waals surface area contributed by atoms with Crippen molar-refractivity contribution in [3.05, 3.63) is 118 Å². The Bertz CT molecular complexity index is 1450. The van der Waals surface area contributed by atoms with Gasteiger partial charge >= 0.3 is 12.3 Å². The molecule has 1 atom stereocenters. The van der Waals surface area contributed by atoms with Crippen LogP contribution in [0.25, 0.3) is 5.69 Å². The van der Waals surface area contributed by atoms with Gasteiger partial charge in [-0.1, -0.05) is 48.5 Å². The SMILES string of the molecule is O=C(O)NCc1cccc(-n2nc(C(F)(F)F)cc2C(=O)c2ccc(C(O)c3ccccc3)cc2F)c1. The lowest BCUT2D eigenvalue weighted by atomic mass is 9.98. The van der Waals surface area contributed by atoms with Crippen molar-refractivity contribution in [2.75, 3.05) is 0 Å². The second-order valence-corrected chi connectivity index (χ2v) is 8.03. The Morgan fingerprint density at radius 2 is 1.68 bits per heavy atom. The monoisotopic (exact) mass is 513 g/mol. The fourth-order valence-corrected chi connectivity index (χ4v) is 3.71. The number of amides is 1. The number of alkyl halides is 3. The van der Waals surface area contributed by atoms with Crippen LogP contribution in [-0.2, 0) is 12.7 Å². The number of hydrogen-bond acceptors (Lipinski definition) is 4. The van der Waals surface area contributed by atoms with Gasteiger partial charge in [0.2, 0.25) is 5.78 Å². The third-order valence-corrected chi connectivity index (χ3v) is 5.50. The molecule has 0 saturated carbocycles. The maximum atomic E-state index is 15.0. The van der Waals surface area contributed by atoms with Crippen LogP contribution in [-0.4, -0.2) is 31.9 Å². The molecule has 0 spiro atoms. The molecule has 1 amide bonds. The molecule has 4 rings (SSSR count). The molecule has 1 heterocycles. The number of aliphatic hydroxyl groups excluding tert-OH is 1. The number of hydrogen-bond donors (Lipinski definition) is 3. The predicted octanol–water partition coefficient (Wildman–Crippen LogP) is 5.11. The molecule has 0 aliphatic rings. The number of nitrogens with one attached hydrogen (secondary N) is 1. The number of carbonyl (C=O) groups is 2. The van der Waals surface area contributed by atoms with Crippen LogP contribution in [0, 0.1) is 5.82 Å². The van der Waals surface area contributed by atoms with Crippen molar-refractivity contribution in [2.24, 2.45) is 0 Å². The van der Waals surface area contributed by atoms with Crippen LogP contribution in [0.15, 0.2) is 78.9 Å². The lowest BCUT2D eigenvalue weighted by Crippen LogP contribution is -2.20. The van der Waals surface area contributed by atoms with E-state index >= 15 is 4.39 Å². The van der Waals surface area contributed by atoms with E-state index in [1.165, 1.54) is 30.3 Å². The maximum Gasteiger partial charge on any atom is 0.435 e. The number of halogens is 4.